The molecule has 2 aromatic rings. The molecule has 1 aliphatic carbocycles. The molecule has 1 aromatic carbocycles. The molecule has 1 heterocycles. The molecule has 0 saturated heterocycles. The van der Waals surface area contributed by atoms with E-state index in [4.69, 9.17) is 4.98 Å². The van der Waals surface area contributed by atoms with Crippen molar-refractivity contribution in [2.75, 3.05) is 0 Å². The number of pyridine rings is 1. The molecule has 19 heavy (non-hydrogen) atoms. The lowest BCUT2D eigenvalue weighted by atomic mass is 10.0. The Kier molecular flexibility index (Phi) is 3.60. The monoisotopic (exact) mass is 253 g/mol. The number of para-hydroxylation sites is 1. The number of rotatable bonds is 2. The summed E-state index contributed by atoms with van der Waals surface area (Å²) in [6, 6.07) is 12.4. The molecule has 2 heteroatoms. The molecule has 1 aromatic heterocycles. The second-order valence-corrected chi connectivity index (χ2v) is 5.31. The summed E-state index contributed by atoms with van der Waals surface area (Å²) in [7, 11) is 0. The van der Waals surface area contributed by atoms with Gasteiger partial charge in [0.15, 0.2) is 0 Å². The van der Waals surface area contributed by atoms with Crippen molar-refractivity contribution in [3.8, 4) is 0 Å². The van der Waals surface area contributed by atoms with Gasteiger partial charge in [0.25, 0.3) is 0 Å². The maximum Gasteiger partial charge on any atom is 0.0723 e. The van der Waals surface area contributed by atoms with E-state index < -0.39 is 0 Å². The van der Waals surface area contributed by atoms with E-state index >= 15 is 0 Å². The van der Waals surface area contributed by atoms with Crippen LogP contribution in [0.4, 0.5) is 0 Å². The Hall–Kier alpha value is -1.67. The third-order valence-corrected chi connectivity index (χ3v) is 3.74. The minimum absolute atomic E-state index is 0.266. The van der Waals surface area contributed by atoms with Crippen LogP contribution in [0.25, 0.3) is 10.9 Å². The lowest BCUT2D eigenvalue weighted by molar-refractivity contribution is 0.211. The van der Waals surface area contributed by atoms with Gasteiger partial charge in [0.05, 0.1) is 11.6 Å². The first-order chi connectivity index (χ1) is 9.31. The fourth-order valence-corrected chi connectivity index (χ4v) is 2.73. The van der Waals surface area contributed by atoms with Crippen molar-refractivity contribution in [2.24, 2.45) is 0 Å². The van der Waals surface area contributed by atoms with E-state index in [9.17, 15) is 5.11 Å². The molecule has 98 valence electrons. The summed E-state index contributed by atoms with van der Waals surface area (Å²) in [4.78, 5) is 4.70. The highest BCUT2D eigenvalue weighted by Gasteiger charge is 2.10. The molecule has 0 fully saturated rings. The van der Waals surface area contributed by atoms with Gasteiger partial charge in [-0.3, -0.25) is 4.98 Å². The molecule has 0 amide bonds. The summed E-state index contributed by atoms with van der Waals surface area (Å²) >= 11 is 0. The van der Waals surface area contributed by atoms with Crippen LogP contribution in [0.2, 0.25) is 0 Å². The first-order valence-corrected chi connectivity index (χ1v) is 7.03. The molecule has 1 unspecified atom stereocenters. The van der Waals surface area contributed by atoms with Crippen molar-refractivity contribution in [3.63, 3.8) is 0 Å². The maximum absolute atomic E-state index is 9.81. The molecule has 1 N–H and O–H groups in total. The molecule has 2 nitrogen and oxygen atoms in total. The minimum Gasteiger partial charge on any atom is -0.389 e. The quantitative estimate of drug-likeness (QED) is 0.829. The Morgan fingerprint density at radius 1 is 1.11 bits per heavy atom. The number of allylic oxidation sites excluding steroid dienone is 1. The normalized spacial score (nSPS) is 20.1. The molecular formula is C17H19NO. The van der Waals surface area contributed by atoms with Gasteiger partial charge < -0.3 is 5.11 Å². The minimum atomic E-state index is -0.266. The van der Waals surface area contributed by atoms with Crippen molar-refractivity contribution >= 4 is 10.9 Å². The lowest BCUT2D eigenvalue weighted by Gasteiger charge is -2.07. The molecule has 1 aliphatic rings. The topological polar surface area (TPSA) is 33.1 Å². The Morgan fingerprint density at radius 2 is 2.00 bits per heavy atom. The Labute approximate surface area is 113 Å². The van der Waals surface area contributed by atoms with Gasteiger partial charge in [0.1, 0.15) is 0 Å². The molecule has 0 saturated carbocycles. The Balaban J connectivity index is 1.84. The van der Waals surface area contributed by atoms with Crippen molar-refractivity contribution in [1.82, 2.24) is 4.98 Å². The zero-order valence-electron chi connectivity index (χ0n) is 11.0. The number of fused-ring (bicyclic) bond motifs is 1. The summed E-state index contributed by atoms with van der Waals surface area (Å²) in [6.07, 6.45) is 6.91. The van der Waals surface area contributed by atoms with Gasteiger partial charge in [0, 0.05) is 17.5 Å². The summed E-state index contributed by atoms with van der Waals surface area (Å²) in [6.45, 7) is 0. The van der Waals surface area contributed by atoms with Crippen molar-refractivity contribution < 1.29 is 5.11 Å². The first kappa shape index (κ1) is 12.4. The van der Waals surface area contributed by atoms with Gasteiger partial charge in [-0.2, -0.15) is 0 Å². The molecule has 1 atom stereocenters. The Morgan fingerprint density at radius 3 is 2.95 bits per heavy atom. The summed E-state index contributed by atoms with van der Waals surface area (Å²) in [5, 5.41) is 11.0. The molecule has 0 bridgehead atoms. The van der Waals surface area contributed by atoms with Crippen LogP contribution < -0.4 is 0 Å². The SMILES string of the molecule is OC1C=C(Cc2ccc3ccccc3n2)CCCC1. The molecule has 0 radical (unpaired) electrons. The van der Waals surface area contributed by atoms with Gasteiger partial charge in [-0.15, -0.1) is 0 Å². The highest BCUT2D eigenvalue weighted by molar-refractivity contribution is 5.78. The van der Waals surface area contributed by atoms with E-state index in [0.29, 0.717) is 0 Å². The van der Waals surface area contributed by atoms with Gasteiger partial charge in [-0.1, -0.05) is 42.3 Å². The number of hydrogen-bond donors (Lipinski definition) is 1. The number of aliphatic hydroxyl groups excluding tert-OH is 1. The average molecular weight is 253 g/mol. The largest absolute Gasteiger partial charge is 0.389 e. The van der Waals surface area contributed by atoms with Gasteiger partial charge in [0.2, 0.25) is 0 Å². The highest BCUT2D eigenvalue weighted by Crippen LogP contribution is 2.21. The number of aliphatic hydroxyl groups is 1. The highest BCUT2D eigenvalue weighted by atomic mass is 16.3. The van der Waals surface area contributed by atoms with Crippen LogP contribution in [-0.2, 0) is 6.42 Å². The van der Waals surface area contributed by atoms with Crippen molar-refractivity contribution in [2.45, 2.75) is 38.2 Å². The molecular weight excluding hydrogens is 234 g/mol. The van der Waals surface area contributed by atoms with Crippen LogP contribution in [0.3, 0.4) is 0 Å². The predicted molar refractivity (Wildman–Crippen MR) is 78.0 cm³/mol. The number of nitrogens with zero attached hydrogens (tertiary/aromatic N) is 1. The molecule has 3 rings (SSSR count). The first-order valence-electron chi connectivity index (χ1n) is 7.03. The number of hydrogen-bond acceptors (Lipinski definition) is 2. The third-order valence-electron chi connectivity index (χ3n) is 3.74. The van der Waals surface area contributed by atoms with E-state index in [1.54, 1.807) is 0 Å². The van der Waals surface area contributed by atoms with Crippen LogP contribution in [-0.4, -0.2) is 16.2 Å². The fourth-order valence-electron chi connectivity index (χ4n) is 2.73. The summed E-state index contributed by atoms with van der Waals surface area (Å²) < 4.78 is 0. The van der Waals surface area contributed by atoms with Crippen LogP contribution in [0.5, 0.6) is 0 Å². The number of benzene rings is 1. The molecule has 0 aliphatic heterocycles. The molecule has 0 spiro atoms. The van der Waals surface area contributed by atoms with E-state index in [2.05, 4.69) is 24.3 Å². The van der Waals surface area contributed by atoms with Crippen molar-refractivity contribution in [1.29, 1.82) is 0 Å². The average Bonchev–Trinajstić information content (AvgIpc) is 2.63. The Bertz CT molecular complexity index is 603. The predicted octanol–water partition coefficient (Wildman–Crippen LogP) is 3.64. The van der Waals surface area contributed by atoms with E-state index in [-0.39, 0.29) is 6.10 Å². The van der Waals surface area contributed by atoms with Gasteiger partial charge >= 0.3 is 0 Å². The van der Waals surface area contributed by atoms with Gasteiger partial charge in [-0.25, -0.2) is 0 Å². The zero-order valence-corrected chi connectivity index (χ0v) is 11.0. The fraction of sp³-hybridized carbons (Fsp3) is 0.353. The standard InChI is InChI=1S/C17H19NO/c19-16-7-3-1-5-13(12-16)11-15-10-9-14-6-2-4-8-17(14)18-15/h2,4,6,8-10,12,16,19H,1,3,5,7,11H2. The smallest absolute Gasteiger partial charge is 0.0723 e. The zero-order chi connectivity index (χ0) is 13.1. The van der Waals surface area contributed by atoms with Crippen LogP contribution in [0.15, 0.2) is 48.0 Å². The van der Waals surface area contributed by atoms with Crippen LogP contribution in [0.1, 0.15) is 31.4 Å². The maximum atomic E-state index is 9.81. The van der Waals surface area contributed by atoms with Gasteiger partial charge in [-0.05, 0) is 31.4 Å². The summed E-state index contributed by atoms with van der Waals surface area (Å²) in [5.74, 6) is 0. The lowest BCUT2D eigenvalue weighted by Crippen LogP contribution is -2.01. The summed E-state index contributed by atoms with van der Waals surface area (Å²) in [5.41, 5.74) is 3.47. The van der Waals surface area contributed by atoms with Crippen LogP contribution >= 0.6 is 0 Å². The van der Waals surface area contributed by atoms with E-state index in [0.717, 1.165) is 36.9 Å². The number of aromatic nitrogens is 1. The second-order valence-electron chi connectivity index (χ2n) is 5.31. The third kappa shape index (κ3) is 3.02. The van der Waals surface area contributed by atoms with E-state index in [1.807, 2.05) is 18.2 Å². The van der Waals surface area contributed by atoms with E-state index in [1.165, 1.54) is 17.4 Å². The second kappa shape index (κ2) is 5.54. The van der Waals surface area contributed by atoms with Crippen molar-refractivity contribution in [3.05, 3.63) is 53.7 Å². The van der Waals surface area contributed by atoms with Crippen LogP contribution in [0, 0.1) is 0 Å².